The fourth-order valence-electron chi connectivity index (χ4n) is 11.0. The van der Waals surface area contributed by atoms with Crippen LogP contribution in [0.4, 0.5) is 0 Å². The molecule has 2 N–H and O–H groups in total. The van der Waals surface area contributed by atoms with E-state index >= 15 is 0 Å². The molecule has 6 rings (SSSR count). The number of ether oxygens (including phenoxy) is 4. The standard InChI is InChI=1S/C25H41NO6/c1-6-26-11-23(12-29-2)8-7-16(31-4)25-14-9-13-15(30-3)10-24(28,17(14)19(13)27)18(22(25)26)20(32-5)21(23)25/h13-22,27-28H,6-12H2,1-5H3/t13-,14-,15+,16?,17-,18+,19+,20+,21-,22?,23+,24-,25+/m1/s1. The topological polar surface area (TPSA) is 80.6 Å². The van der Waals surface area contributed by atoms with E-state index in [9.17, 15) is 10.2 Å². The lowest BCUT2D eigenvalue weighted by molar-refractivity contribution is -0.276. The molecule has 1 saturated heterocycles. The van der Waals surface area contributed by atoms with Gasteiger partial charge in [0.1, 0.15) is 0 Å². The first-order chi connectivity index (χ1) is 15.4. The molecule has 32 heavy (non-hydrogen) atoms. The third kappa shape index (κ3) is 2.19. The molecule has 2 unspecified atom stereocenters. The maximum absolute atomic E-state index is 12.6. The van der Waals surface area contributed by atoms with Crippen molar-refractivity contribution in [1.29, 1.82) is 0 Å². The van der Waals surface area contributed by atoms with Gasteiger partial charge in [-0.3, -0.25) is 4.90 Å². The van der Waals surface area contributed by atoms with Crippen LogP contribution in [-0.4, -0.2) is 99.3 Å². The number of nitrogens with zero attached hydrogens (tertiary/aromatic N) is 1. The van der Waals surface area contributed by atoms with E-state index < -0.39 is 11.7 Å². The van der Waals surface area contributed by atoms with E-state index in [0.29, 0.717) is 13.0 Å². The van der Waals surface area contributed by atoms with Gasteiger partial charge < -0.3 is 29.2 Å². The van der Waals surface area contributed by atoms with Crippen LogP contribution < -0.4 is 0 Å². The molecule has 1 heterocycles. The molecule has 0 aromatic heterocycles. The van der Waals surface area contributed by atoms with Crippen LogP contribution in [-0.2, 0) is 18.9 Å². The van der Waals surface area contributed by atoms with Crippen LogP contribution in [0.2, 0.25) is 0 Å². The minimum atomic E-state index is -0.999. The SMILES string of the molecule is CCN1C[C@]2(COC)CCC(OC)[C@]34C1[C@H]([C@H](OC)[C@H]23)[C@@]1(O)C[C@H](OC)[C@H]2C[C@@H]4[C@@H]1[C@H]2O. The van der Waals surface area contributed by atoms with Gasteiger partial charge in [0, 0.05) is 81.9 Å². The van der Waals surface area contributed by atoms with Gasteiger partial charge in [0.05, 0.1) is 36.6 Å². The zero-order valence-corrected chi connectivity index (χ0v) is 20.2. The van der Waals surface area contributed by atoms with Gasteiger partial charge in [0.15, 0.2) is 0 Å². The molecule has 6 fully saturated rings. The van der Waals surface area contributed by atoms with Gasteiger partial charge in [-0.2, -0.15) is 0 Å². The van der Waals surface area contributed by atoms with Gasteiger partial charge in [0.2, 0.25) is 0 Å². The van der Waals surface area contributed by atoms with Gasteiger partial charge >= 0.3 is 0 Å². The summed E-state index contributed by atoms with van der Waals surface area (Å²) in [6.07, 6.45) is 2.89. The number of methoxy groups -OCH3 is 4. The summed E-state index contributed by atoms with van der Waals surface area (Å²) in [6.45, 7) is 4.86. The average Bonchev–Trinajstić information content (AvgIpc) is 3.19. The molecule has 6 aliphatic rings. The van der Waals surface area contributed by atoms with Crippen LogP contribution in [0.3, 0.4) is 0 Å². The summed E-state index contributed by atoms with van der Waals surface area (Å²) in [5.41, 5.74) is -1.18. The molecule has 0 amide bonds. The summed E-state index contributed by atoms with van der Waals surface area (Å²) in [5.74, 6) is 0.310. The van der Waals surface area contributed by atoms with Crippen LogP contribution in [0.25, 0.3) is 0 Å². The average molecular weight is 452 g/mol. The maximum Gasteiger partial charge on any atom is 0.0796 e. The Morgan fingerprint density at radius 2 is 1.84 bits per heavy atom. The highest BCUT2D eigenvalue weighted by Crippen LogP contribution is 2.79. The number of aliphatic hydroxyl groups is 2. The van der Waals surface area contributed by atoms with Crippen molar-refractivity contribution in [2.24, 2.45) is 40.4 Å². The van der Waals surface area contributed by atoms with Crippen LogP contribution in [0, 0.1) is 40.4 Å². The highest BCUT2D eigenvalue weighted by molar-refractivity contribution is 5.35. The lowest BCUT2D eigenvalue weighted by Crippen LogP contribution is -2.76. The van der Waals surface area contributed by atoms with E-state index in [1.165, 1.54) is 0 Å². The van der Waals surface area contributed by atoms with Gasteiger partial charge in [-0.1, -0.05) is 6.92 Å². The van der Waals surface area contributed by atoms with E-state index in [1.807, 2.05) is 21.3 Å². The number of aliphatic hydroxyl groups excluding tert-OH is 1. The Kier molecular flexibility index (Phi) is 4.94. The molecule has 0 aromatic rings. The third-order valence-corrected chi connectivity index (χ3v) is 11.4. The zero-order chi connectivity index (χ0) is 22.6. The van der Waals surface area contributed by atoms with Crippen LogP contribution in [0.5, 0.6) is 0 Å². The number of rotatable bonds is 6. The summed E-state index contributed by atoms with van der Waals surface area (Å²) in [6, 6.07) is 0.186. The van der Waals surface area contributed by atoms with E-state index in [1.54, 1.807) is 7.11 Å². The first-order valence-corrected chi connectivity index (χ1v) is 12.6. The minimum absolute atomic E-state index is 0.0234. The predicted molar refractivity (Wildman–Crippen MR) is 117 cm³/mol. The van der Waals surface area contributed by atoms with Crippen LogP contribution in [0.1, 0.15) is 32.6 Å². The number of fused-ring (bicyclic) bond motifs is 2. The predicted octanol–water partition coefficient (Wildman–Crippen LogP) is 1.16. The number of piperidine rings is 1. The van der Waals surface area contributed by atoms with Crippen molar-refractivity contribution < 1.29 is 29.2 Å². The molecule has 0 aromatic carbocycles. The summed E-state index contributed by atoms with van der Waals surface area (Å²) >= 11 is 0. The van der Waals surface area contributed by atoms with E-state index in [0.717, 1.165) is 32.4 Å². The van der Waals surface area contributed by atoms with Crippen LogP contribution in [0.15, 0.2) is 0 Å². The molecular formula is C25H41NO6. The second kappa shape index (κ2) is 7.12. The summed E-state index contributed by atoms with van der Waals surface area (Å²) in [4.78, 5) is 2.62. The molecule has 7 nitrogen and oxygen atoms in total. The summed E-state index contributed by atoms with van der Waals surface area (Å²) in [7, 11) is 7.23. The van der Waals surface area contributed by atoms with Crippen molar-refractivity contribution in [3.8, 4) is 0 Å². The van der Waals surface area contributed by atoms with E-state index in [4.69, 9.17) is 18.9 Å². The third-order valence-electron chi connectivity index (χ3n) is 11.4. The van der Waals surface area contributed by atoms with Crippen molar-refractivity contribution in [1.82, 2.24) is 4.90 Å². The smallest absolute Gasteiger partial charge is 0.0796 e. The lowest BCUT2D eigenvalue weighted by Gasteiger charge is -2.69. The van der Waals surface area contributed by atoms with Gasteiger partial charge in [-0.25, -0.2) is 0 Å². The second-order valence-corrected chi connectivity index (χ2v) is 11.8. The van der Waals surface area contributed by atoms with E-state index in [-0.39, 0.29) is 64.8 Å². The molecule has 7 heteroatoms. The normalized spacial score (nSPS) is 60.1. The molecular weight excluding hydrogens is 410 g/mol. The molecule has 5 saturated carbocycles. The molecule has 1 spiro atoms. The first-order valence-electron chi connectivity index (χ1n) is 12.6. The van der Waals surface area contributed by atoms with Crippen LogP contribution >= 0.6 is 0 Å². The quantitative estimate of drug-likeness (QED) is 0.627. The Labute approximate surface area is 191 Å². The Morgan fingerprint density at radius 3 is 2.47 bits per heavy atom. The van der Waals surface area contributed by atoms with Gasteiger partial charge in [-0.05, 0) is 31.7 Å². The number of hydrogen-bond acceptors (Lipinski definition) is 7. The fraction of sp³-hybridized carbons (Fsp3) is 1.00. The van der Waals surface area contributed by atoms with Crippen molar-refractivity contribution in [2.75, 3.05) is 48.1 Å². The van der Waals surface area contributed by atoms with Crippen molar-refractivity contribution in [2.45, 2.75) is 68.7 Å². The lowest BCUT2D eigenvalue weighted by atomic mass is 9.43. The van der Waals surface area contributed by atoms with Gasteiger partial charge in [-0.15, -0.1) is 0 Å². The van der Waals surface area contributed by atoms with E-state index in [2.05, 4.69) is 11.8 Å². The second-order valence-electron chi connectivity index (χ2n) is 11.8. The Bertz CT molecular complexity index is 767. The van der Waals surface area contributed by atoms with Crippen molar-refractivity contribution >= 4 is 0 Å². The maximum atomic E-state index is 12.6. The van der Waals surface area contributed by atoms with Crippen molar-refractivity contribution in [3.63, 3.8) is 0 Å². The number of likely N-dealkylation sites (tertiary alicyclic amines) is 1. The molecule has 5 aliphatic carbocycles. The van der Waals surface area contributed by atoms with Gasteiger partial charge in [0.25, 0.3) is 0 Å². The van der Waals surface area contributed by atoms with Crippen molar-refractivity contribution in [3.05, 3.63) is 0 Å². The fourth-order valence-corrected chi connectivity index (χ4v) is 11.0. The summed E-state index contributed by atoms with van der Waals surface area (Å²) < 4.78 is 24.5. The molecule has 1 aliphatic heterocycles. The minimum Gasteiger partial charge on any atom is -0.392 e. The highest BCUT2D eigenvalue weighted by Gasteiger charge is 2.86. The molecule has 7 bridgehead atoms. The molecule has 0 radical (unpaired) electrons. The molecule has 182 valence electrons. The first kappa shape index (κ1) is 22.2. The zero-order valence-electron chi connectivity index (χ0n) is 20.2. The monoisotopic (exact) mass is 451 g/mol. The Hall–Kier alpha value is -0.280. The Balaban J connectivity index is 1.63. The summed E-state index contributed by atoms with van der Waals surface area (Å²) in [5, 5.41) is 24.1. The largest absolute Gasteiger partial charge is 0.392 e. The Morgan fingerprint density at radius 1 is 1.06 bits per heavy atom. The molecule has 13 atom stereocenters. The number of hydrogen-bond donors (Lipinski definition) is 2. The highest BCUT2D eigenvalue weighted by atomic mass is 16.5.